The first-order valence-corrected chi connectivity index (χ1v) is 8.16. The van der Waals surface area contributed by atoms with Crippen LogP contribution in [0.3, 0.4) is 0 Å². The van der Waals surface area contributed by atoms with Gasteiger partial charge in [0.1, 0.15) is 0 Å². The van der Waals surface area contributed by atoms with E-state index >= 15 is 0 Å². The summed E-state index contributed by atoms with van der Waals surface area (Å²) in [6, 6.07) is 11.4. The number of hydrogen-bond donors (Lipinski definition) is 3. The molecule has 3 N–H and O–H groups in total. The Balaban J connectivity index is 1.77. The molecule has 132 valence electrons. The molecular formula is C16H12ClN5O3S. The molecule has 1 heterocycles. The van der Waals surface area contributed by atoms with Crippen molar-refractivity contribution in [3.8, 4) is 5.88 Å². The van der Waals surface area contributed by atoms with Crippen LogP contribution in [0.2, 0.25) is 5.02 Å². The van der Waals surface area contributed by atoms with E-state index in [9.17, 15) is 15.2 Å². The van der Waals surface area contributed by atoms with Crippen molar-refractivity contribution in [3.05, 3.63) is 63.2 Å². The van der Waals surface area contributed by atoms with Crippen molar-refractivity contribution in [3.63, 3.8) is 0 Å². The molecule has 1 aromatic heterocycles. The molecule has 0 aliphatic heterocycles. The standard InChI is InChI=1S/C16H12ClN5O3S/c17-10-3-1-2-9(6-10)8-18-16(26)21-20-14-12-7-11(22(24)25)4-5-13(12)19-15(14)23/h1-7,19,23H,8H2,(H,18,26). The van der Waals surface area contributed by atoms with Crippen LogP contribution in [0.15, 0.2) is 52.7 Å². The highest BCUT2D eigenvalue weighted by Gasteiger charge is 2.15. The van der Waals surface area contributed by atoms with E-state index in [1.54, 1.807) is 12.1 Å². The molecule has 0 radical (unpaired) electrons. The van der Waals surface area contributed by atoms with Crippen molar-refractivity contribution in [1.29, 1.82) is 0 Å². The van der Waals surface area contributed by atoms with E-state index in [1.807, 2.05) is 12.1 Å². The van der Waals surface area contributed by atoms with Crippen molar-refractivity contribution in [2.24, 2.45) is 10.2 Å². The van der Waals surface area contributed by atoms with Crippen LogP contribution in [0.5, 0.6) is 5.88 Å². The van der Waals surface area contributed by atoms with Gasteiger partial charge < -0.3 is 15.4 Å². The fourth-order valence-corrected chi connectivity index (χ4v) is 2.65. The fraction of sp³-hybridized carbons (Fsp3) is 0.0625. The number of non-ortho nitro benzene ring substituents is 1. The largest absolute Gasteiger partial charge is 0.493 e. The predicted octanol–water partition coefficient (Wildman–Crippen LogP) is 4.59. The SMILES string of the molecule is O=[N+]([O-])c1ccc2[nH]c(O)c(N=NC(=S)NCc3cccc(Cl)c3)c2c1. The molecule has 0 unspecified atom stereocenters. The van der Waals surface area contributed by atoms with Gasteiger partial charge in [-0.25, -0.2) is 0 Å². The molecule has 0 bridgehead atoms. The highest BCUT2D eigenvalue weighted by molar-refractivity contribution is 7.80. The lowest BCUT2D eigenvalue weighted by Gasteiger charge is -2.03. The van der Waals surface area contributed by atoms with Crippen molar-refractivity contribution in [2.75, 3.05) is 0 Å². The van der Waals surface area contributed by atoms with E-state index in [4.69, 9.17) is 23.8 Å². The summed E-state index contributed by atoms with van der Waals surface area (Å²) in [5.74, 6) is -0.248. The Morgan fingerprint density at radius 3 is 2.88 bits per heavy atom. The first kappa shape index (κ1) is 17.8. The van der Waals surface area contributed by atoms with E-state index in [0.717, 1.165) is 5.56 Å². The number of nitrogens with one attached hydrogen (secondary N) is 2. The van der Waals surface area contributed by atoms with Gasteiger partial charge in [0.2, 0.25) is 11.0 Å². The molecule has 0 aliphatic rings. The molecule has 3 rings (SSSR count). The molecule has 0 saturated heterocycles. The quantitative estimate of drug-likeness (QED) is 0.261. The van der Waals surface area contributed by atoms with Gasteiger partial charge in [0.05, 0.1) is 10.4 Å². The lowest BCUT2D eigenvalue weighted by Crippen LogP contribution is -2.18. The molecule has 26 heavy (non-hydrogen) atoms. The number of rotatable bonds is 4. The second-order valence-corrected chi connectivity index (χ2v) is 6.12. The van der Waals surface area contributed by atoms with Crippen LogP contribution in [-0.2, 0) is 6.54 Å². The van der Waals surface area contributed by atoms with Gasteiger partial charge >= 0.3 is 0 Å². The number of H-pyrrole nitrogens is 1. The second-order valence-electron chi connectivity index (χ2n) is 5.30. The summed E-state index contributed by atoms with van der Waals surface area (Å²) in [6.45, 7) is 0.406. The number of azo groups is 1. The lowest BCUT2D eigenvalue weighted by molar-refractivity contribution is -0.384. The molecule has 0 amide bonds. The molecule has 8 nitrogen and oxygen atoms in total. The zero-order valence-corrected chi connectivity index (χ0v) is 14.7. The van der Waals surface area contributed by atoms with E-state index in [2.05, 4.69) is 20.5 Å². The maximum absolute atomic E-state index is 10.9. The minimum Gasteiger partial charge on any atom is -0.493 e. The number of hydrogen-bond acceptors (Lipinski definition) is 5. The van der Waals surface area contributed by atoms with Crippen LogP contribution < -0.4 is 5.32 Å². The third kappa shape index (κ3) is 3.95. The van der Waals surface area contributed by atoms with Crippen LogP contribution in [0.1, 0.15) is 5.56 Å². The summed E-state index contributed by atoms with van der Waals surface area (Å²) in [5.41, 5.74) is 1.38. The average Bonchev–Trinajstić information content (AvgIpc) is 2.92. The van der Waals surface area contributed by atoms with Gasteiger partial charge in [-0.1, -0.05) is 23.7 Å². The number of nitrogens with zero attached hydrogens (tertiary/aromatic N) is 3. The number of benzene rings is 2. The minimum absolute atomic E-state index is 0.0793. The number of nitro benzene ring substituents is 1. The zero-order valence-electron chi connectivity index (χ0n) is 13.1. The third-order valence-corrected chi connectivity index (χ3v) is 3.98. The van der Waals surface area contributed by atoms with Crippen LogP contribution in [0, 0.1) is 10.1 Å². The van der Waals surface area contributed by atoms with Gasteiger partial charge in [-0.2, -0.15) is 0 Å². The maximum Gasteiger partial charge on any atom is 0.270 e. The minimum atomic E-state index is -0.526. The average molecular weight is 390 g/mol. The Kier molecular flexibility index (Phi) is 5.10. The zero-order chi connectivity index (χ0) is 18.7. The topological polar surface area (TPSA) is 116 Å². The fourth-order valence-electron chi connectivity index (χ4n) is 2.32. The van der Waals surface area contributed by atoms with E-state index < -0.39 is 4.92 Å². The van der Waals surface area contributed by atoms with Gasteiger partial charge in [0, 0.05) is 29.1 Å². The smallest absolute Gasteiger partial charge is 0.270 e. The summed E-state index contributed by atoms with van der Waals surface area (Å²) in [7, 11) is 0. The number of aromatic nitrogens is 1. The maximum atomic E-state index is 10.9. The van der Waals surface area contributed by atoms with Crippen LogP contribution >= 0.6 is 23.8 Å². The molecule has 3 aromatic rings. The highest BCUT2D eigenvalue weighted by atomic mass is 35.5. The Labute approximate surface area is 157 Å². The van der Waals surface area contributed by atoms with Crippen LogP contribution in [-0.4, -0.2) is 20.1 Å². The Morgan fingerprint density at radius 2 is 2.15 bits per heavy atom. The molecule has 2 aromatic carbocycles. The number of aromatic hydroxyl groups is 1. The number of halogens is 1. The monoisotopic (exact) mass is 389 g/mol. The van der Waals surface area contributed by atoms with Gasteiger partial charge in [-0.05, 0) is 36.0 Å². The van der Waals surface area contributed by atoms with E-state index in [0.29, 0.717) is 22.5 Å². The van der Waals surface area contributed by atoms with E-state index in [-0.39, 0.29) is 22.4 Å². The van der Waals surface area contributed by atoms with Crippen LogP contribution in [0.25, 0.3) is 10.9 Å². The number of fused-ring (bicyclic) bond motifs is 1. The normalized spacial score (nSPS) is 11.1. The number of nitro groups is 1. The molecule has 0 atom stereocenters. The summed E-state index contributed by atoms with van der Waals surface area (Å²) in [6.07, 6.45) is 0. The Morgan fingerprint density at radius 1 is 1.35 bits per heavy atom. The van der Waals surface area contributed by atoms with Crippen molar-refractivity contribution < 1.29 is 10.0 Å². The summed E-state index contributed by atoms with van der Waals surface area (Å²) in [4.78, 5) is 13.1. The summed E-state index contributed by atoms with van der Waals surface area (Å²) in [5, 5.41) is 32.6. The van der Waals surface area contributed by atoms with Crippen molar-refractivity contribution in [2.45, 2.75) is 6.54 Å². The number of thiocarbonyl (C=S) groups is 1. The van der Waals surface area contributed by atoms with Crippen molar-refractivity contribution in [1.82, 2.24) is 10.3 Å². The number of aromatic amines is 1. The van der Waals surface area contributed by atoms with Gasteiger partial charge in [0.15, 0.2) is 5.69 Å². The summed E-state index contributed by atoms with van der Waals surface area (Å²) >= 11 is 11.0. The molecule has 10 heteroatoms. The summed E-state index contributed by atoms with van der Waals surface area (Å²) < 4.78 is 0. The first-order valence-electron chi connectivity index (χ1n) is 7.37. The van der Waals surface area contributed by atoms with Crippen molar-refractivity contribution >= 4 is 51.2 Å². The Hall–Kier alpha value is -3.04. The molecule has 0 spiro atoms. The molecule has 0 aliphatic carbocycles. The van der Waals surface area contributed by atoms with Crippen LogP contribution in [0.4, 0.5) is 11.4 Å². The molecule has 0 fully saturated rings. The lowest BCUT2D eigenvalue weighted by atomic mass is 10.2. The third-order valence-electron chi connectivity index (χ3n) is 3.52. The van der Waals surface area contributed by atoms with Gasteiger partial charge in [0.25, 0.3) is 5.69 Å². The predicted molar refractivity (Wildman–Crippen MR) is 102 cm³/mol. The first-order chi connectivity index (χ1) is 12.4. The molecular weight excluding hydrogens is 378 g/mol. The molecule has 0 saturated carbocycles. The van der Waals surface area contributed by atoms with E-state index in [1.165, 1.54) is 18.2 Å². The Bertz CT molecular complexity index is 1030. The van der Waals surface area contributed by atoms with Gasteiger partial charge in [-0.3, -0.25) is 10.1 Å². The second kappa shape index (κ2) is 7.46. The highest BCUT2D eigenvalue weighted by Crippen LogP contribution is 2.37. The van der Waals surface area contributed by atoms with Gasteiger partial charge in [-0.15, -0.1) is 10.2 Å².